The molecule has 0 saturated carbocycles. The van der Waals surface area contributed by atoms with Crippen LogP contribution in [-0.4, -0.2) is 10.8 Å². The van der Waals surface area contributed by atoms with Crippen LogP contribution in [0.5, 0.6) is 0 Å². The average molecular weight is 256 g/mol. The molecule has 0 N–H and O–H groups in total. The second-order valence-corrected chi connectivity index (χ2v) is 4.46. The molecule has 5 heteroatoms. The van der Waals surface area contributed by atoms with Crippen molar-refractivity contribution < 1.29 is 9.18 Å². The predicted molar refractivity (Wildman–Crippen MR) is 62.5 cm³/mol. The molecule has 0 atom stereocenters. The van der Waals surface area contributed by atoms with E-state index in [1.54, 1.807) is 11.4 Å². The number of rotatable bonds is 2. The second-order valence-electron chi connectivity index (χ2n) is 3.19. The summed E-state index contributed by atoms with van der Waals surface area (Å²) in [5, 5.41) is 2.32. The van der Waals surface area contributed by atoms with Crippen molar-refractivity contribution in [3.8, 4) is 10.6 Å². The fourth-order valence-corrected chi connectivity index (χ4v) is 2.48. The van der Waals surface area contributed by atoms with Gasteiger partial charge in [-0.2, -0.15) is 0 Å². The van der Waals surface area contributed by atoms with Crippen molar-refractivity contribution in [3.05, 3.63) is 40.1 Å². The highest BCUT2D eigenvalue weighted by Crippen LogP contribution is 2.32. The van der Waals surface area contributed by atoms with Gasteiger partial charge in [0.1, 0.15) is 16.5 Å². The molecule has 1 aromatic heterocycles. The minimum Gasteiger partial charge on any atom is -0.293 e. The number of thiazole rings is 1. The lowest BCUT2D eigenvalue weighted by Crippen LogP contribution is -1.92. The number of carbonyl (C=O) groups excluding carboxylic acids is 1. The predicted octanol–water partition coefficient (Wildman–Crippen LogP) is 3.81. The van der Waals surface area contributed by atoms with Gasteiger partial charge < -0.3 is 0 Å². The lowest BCUT2D eigenvalue weighted by Gasteiger charge is -2.00. The van der Waals surface area contributed by atoms with Crippen LogP contribution in [0.3, 0.4) is 0 Å². The zero-order chi connectivity index (χ0) is 11.7. The highest BCUT2D eigenvalue weighted by Gasteiger charge is 2.14. The van der Waals surface area contributed by atoms with Crippen molar-refractivity contribution >= 4 is 28.7 Å². The summed E-state index contributed by atoms with van der Waals surface area (Å²) < 4.78 is 13.5. The minimum absolute atomic E-state index is 0.144. The average Bonchev–Trinajstić information content (AvgIpc) is 2.66. The van der Waals surface area contributed by atoms with Crippen molar-refractivity contribution in [3.63, 3.8) is 0 Å². The van der Waals surface area contributed by atoms with E-state index in [9.17, 15) is 9.18 Å². The van der Waals surface area contributed by atoms with E-state index < -0.39 is 5.82 Å². The van der Waals surface area contributed by atoms with E-state index in [0.717, 1.165) is 0 Å². The first-order chi connectivity index (χ1) is 7.59. The van der Waals surface area contributed by atoms with Gasteiger partial charge in [0.05, 0.1) is 10.6 Å². The molecule has 0 amide bonds. The molecule has 0 unspecified atom stereocenters. The molecule has 82 valence electrons. The molecule has 16 heavy (non-hydrogen) atoms. The van der Waals surface area contributed by atoms with Gasteiger partial charge in [-0.3, -0.25) is 4.79 Å². The fourth-order valence-electron chi connectivity index (χ4n) is 1.25. The van der Waals surface area contributed by atoms with E-state index in [2.05, 4.69) is 4.98 Å². The number of halogens is 2. The molecule has 0 aliphatic rings. The maximum atomic E-state index is 13.5. The van der Waals surface area contributed by atoms with E-state index in [-0.39, 0.29) is 11.3 Å². The summed E-state index contributed by atoms with van der Waals surface area (Å²) in [6.07, 6.45) is 0. The number of hydrogen-bond acceptors (Lipinski definition) is 3. The first-order valence-corrected chi connectivity index (χ1v) is 5.76. The zero-order valence-corrected chi connectivity index (χ0v) is 9.90. The molecule has 0 saturated heterocycles. The van der Waals surface area contributed by atoms with Crippen molar-refractivity contribution in [2.24, 2.45) is 0 Å². The Labute approximate surface area is 101 Å². The summed E-state index contributed by atoms with van der Waals surface area (Å²) in [7, 11) is 0. The molecule has 0 fully saturated rings. The molecule has 2 rings (SSSR count). The maximum Gasteiger partial charge on any atom is 0.178 e. The van der Waals surface area contributed by atoms with Gasteiger partial charge in [0.2, 0.25) is 0 Å². The molecule has 0 aliphatic carbocycles. The maximum absolute atomic E-state index is 13.5. The lowest BCUT2D eigenvalue weighted by molar-refractivity contribution is 0.101. The number of nitrogens with zero attached hydrogens (tertiary/aromatic N) is 1. The number of aromatic nitrogens is 1. The van der Waals surface area contributed by atoms with Crippen LogP contribution in [0, 0.1) is 5.82 Å². The van der Waals surface area contributed by atoms with E-state index in [1.165, 1.54) is 30.4 Å². The lowest BCUT2D eigenvalue weighted by atomic mass is 10.2. The van der Waals surface area contributed by atoms with Crippen molar-refractivity contribution in [1.29, 1.82) is 0 Å². The Kier molecular flexibility index (Phi) is 3.03. The van der Waals surface area contributed by atoms with E-state index in [1.807, 2.05) is 0 Å². The van der Waals surface area contributed by atoms with Crippen molar-refractivity contribution in [2.45, 2.75) is 6.92 Å². The number of Topliss-reactive ketones (excluding diaryl/α,β-unsaturated/α-hetero) is 1. The van der Waals surface area contributed by atoms with E-state index in [0.29, 0.717) is 15.7 Å². The zero-order valence-electron chi connectivity index (χ0n) is 8.33. The van der Waals surface area contributed by atoms with Crippen LogP contribution in [0.2, 0.25) is 5.02 Å². The third-order valence-electron chi connectivity index (χ3n) is 2.04. The topological polar surface area (TPSA) is 30.0 Å². The quantitative estimate of drug-likeness (QED) is 0.764. The van der Waals surface area contributed by atoms with Gasteiger partial charge in [-0.05, 0) is 12.1 Å². The summed E-state index contributed by atoms with van der Waals surface area (Å²) in [5.41, 5.74) is 0.584. The standard InChI is InChI=1S/C11H7ClFNOS/c1-6(15)9-5-16-11(14-9)10-7(12)3-2-4-8(10)13/h2-5H,1H3. The third kappa shape index (κ3) is 1.99. The minimum atomic E-state index is -0.433. The van der Waals surface area contributed by atoms with Crippen LogP contribution >= 0.6 is 22.9 Å². The fraction of sp³-hybridized carbons (Fsp3) is 0.0909. The third-order valence-corrected chi connectivity index (χ3v) is 3.22. The first kappa shape index (κ1) is 11.2. The van der Waals surface area contributed by atoms with E-state index in [4.69, 9.17) is 11.6 Å². The van der Waals surface area contributed by atoms with Crippen LogP contribution in [0.15, 0.2) is 23.6 Å². The Bertz CT molecular complexity index is 532. The number of ketones is 1. The Balaban J connectivity index is 2.54. The normalized spacial score (nSPS) is 10.4. The molecular formula is C11H7ClFNOS. The van der Waals surface area contributed by atoms with Gasteiger partial charge in [-0.25, -0.2) is 9.37 Å². The molecule has 0 aliphatic heterocycles. The summed E-state index contributed by atoms with van der Waals surface area (Å²) in [6, 6.07) is 4.44. The molecule has 0 radical (unpaired) electrons. The van der Waals surface area contributed by atoms with Gasteiger partial charge in [0.15, 0.2) is 5.78 Å². The molecule has 1 aromatic carbocycles. The van der Waals surface area contributed by atoms with Gasteiger partial charge in [0.25, 0.3) is 0 Å². The van der Waals surface area contributed by atoms with Crippen LogP contribution in [0.4, 0.5) is 4.39 Å². The Morgan fingerprint density at radius 2 is 2.25 bits per heavy atom. The molecule has 1 heterocycles. The van der Waals surface area contributed by atoms with Crippen LogP contribution in [0.1, 0.15) is 17.4 Å². The SMILES string of the molecule is CC(=O)c1csc(-c2c(F)cccc2Cl)n1. The first-order valence-electron chi connectivity index (χ1n) is 4.50. The number of hydrogen-bond donors (Lipinski definition) is 0. The van der Waals surface area contributed by atoms with Gasteiger partial charge in [0, 0.05) is 12.3 Å². The van der Waals surface area contributed by atoms with E-state index >= 15 is 0 Å². The summed E-state index contributed by atoms with van der Waals surface area (Å²) in [5.74, 6) is -0.577. The van der Waals surface area contributed by atoms with Crippen LogP contribution in [-0.2, 0) is 0 Å². The van der Waals surface area contributed by atoms with Gasteiger partial charge in [-0.1, -0.05) is 17.7 Å². The number of carbonyl (C=O) groups is 1. The largest absolute Gasteiger partial charge is 0.293 e. The number of benzene rings is 1. The Morgan fingerprint density at radius 1 is 1.50 bits per heavy atom. The summed E-state index contributed by atoms with van der Waals surface area (Å²) >= 11 is 7.10. The summed E-state index contributed by atoms with van der Waals surface area (Å²) in [4.78, 5) is 15.1. The highest BCUT2D eigenvalue weighted by atomic mass is 35.5. The van der Waals surface area contributed by atoms with Gasteiger partial charge in [-0.15, -0.1) is 11.3 Å². The second kappa shape index (κ2) is 4.31. The smallest absolute Gasteiger partial charge is 0.178 e. The summed E-state index contributed by atoms with van der Waals surface area (Å²) in [6.45, 7) is 1.42. The van der Waals surface area contributed by atoms with Crippen LogP contribution in [0.25, 0.3) is 10.6 Å². The monoisotopic (exact) mass is 255 g/mol. The Morgan fingerprint density at radius 3 is 2.81 bits per heavy atom. The molecular weight excluding hydrogens is 249 g/mol. The van der Waals surface area contributed by atoms with Crippen molar-refractivity contribution in [2.75, 3.05) is 0 Å². The van der Waals surface area contributed by atoms with Crippen LogP contribution < -0.4 is 0 Å². The highest BCUT2D eigenvalue weighted by molar-refractivity contribution is 7.13. The molecule has 2 aromatic rings. The Hall–Kier alpha value is -1.26. The van der Waals surface area contributed by atoms with Gasteiger partial charge >= 0.3 is 0 Å². The van der Waals surface area contributed by atoms with Crippen molar-refractivity contribution in [1.82, 2.24) is 4.98 Å². The molecule has 2 nitrogen and oxygen atoms in total. The molecule has 0 bridgehead atoms. The molecule has 0 spiro atoms.